The molecule has 1 N–H and O–H groups in total. The summed E-state index contributed by atoms with van der Waals surface area (Å²) >= 11 is 0. The normalized spacial score (nSPS) is 23.9. The van der Waals surface area contributed by atoms with Crippen LogP contribution in [0.4, 0.5) is 13.2 Å². The Labute approximate surface area is 104 Å². The summed E-state index contributed by atoms with van der Waals surface area (Å²) in [5.41, 5.74) is 0. The van der Waals surface area contributed by atoms with Crippen molar-refractivity contribution in [1.82, 2.24) is 4.90 Å². The van der Waals surface area contributed by atoms with Crippen LogP contribution in [0.15, 0.2) is 0 Å². The quantitative estimate of drug-likeness (QED) is 0.828. The summed E-state index contributed by atoms with van der Waals surface area (Å²) in [6, 6.07) is -0.933. The maximum absolute atomic E-state index is 12.0. The van der Waals surface area contributed by atoms with Gasteiger partial charge in [0.2, 0.25) is 0 Å². The molecule has 18 heavy (non-hydrogen) atoms. The van der Waals surface area contributed by atoms with E-state index in [2.05, 4.69) is 0 Å². The molecule has 0 aromatic rings. The molecular weight excluding hydrogens is 251 g/mol. The SMILES string of the molecule is CC(CCCC(F)(F)F)N1CCOCC1C(=O)O. The number of rotatable bonds is 5. The van der Waals surface area contributed by atoms with Crippen LogP contribution in [-0.4, -0.2) is 54.0 Å². The number of carboxylic acid groups (broad SMARTS) is 1. The van der Waals surface area contributed by atoms with Crippen molar-refractivity contribution >= 4 is 5.97 Å². The Morgan fingerprint density at radius 2 is 2.22 bits per heavy atom. The van der Waals surface area contributed by atoms with Crippen molar-refractivity contribution in [3.63, 3.8) is 0 Å². The Hall–Kier alpha value is -0.820. The van der Waals surface area contributed by atoms with Gasteiger partial charge < -0.3 is 9.84 Å². The van der Waals surface area contributed by atoms with Crippen molar-refractivity contribution in [2.24, 2.45) is 0 Å². The van der Waals surface area contributed by atoms with Crippen molar-refractivity contribution < 1.29 is 27.8 Å². The molecule has 1 fully saturated rings. The van der Waals surface area contributed by atoms with Crippen LogP contribution in [0.3, 0.4) is 0 Å². The fourth-order valence-corrected chi connectivity index (χ4v) is 2.12. The molecular formula is C11H18F3NO3. The van der Waals surface area contributed by atoms with E-state index in [1.807, 2.05) is 0 Å². The van der Waals surface area contributed by atoms with Crippen LogP contribution in [0.5, 0.6) is 0 Å². The highest BCUT2D eigenvalue weighted by atomic mass is 19.4. The summed E-state index contributed by atoms with van der Waals surface area (Å²) in [5.74, 6) is -0.989. The number of carboxylic acids is 1. The fourth-order valence-electron chi connectivity index (χ4n) is 2.12. The van der Waals surface area contributed by atoms with E-state index >= 15 is 0 Å². The first-order chi connectivity index (χ1) is 8.31. The van der Waals surface area contributed by atoms with Gasteiger partial charge in [-0.1, -0.05) is 0 Å². The average Bonchev–Trinajstić information content (AvgIpc) is 2.27. The van der Waals surface area contributed by atoms with Crippen molar-refractivity contribution in [1.29, 1.82) is 0 Å². The van der Waals surface area contributed by atoms with E-state index in [1.54, 1.807) is 11.8 Å². The predicted octanol–water partition coefficient (Wildman–Crippen LogP) is 1.89. The van der Waals surface area contributed by atoms with E-state index in [9.17, 15) is 18.0 Å². The highest BCUT2D eigenvalue weighted by Gasteiger charge is 2.33. The Balaban J connectivity index is 2.43. The molecule has 0 bridgehead atoms. The number of morpholine rings is 1. The third-order valence-corrected chi connectivity index (χ3v) is 3.10. The second kappa shape index (κ2) is 6.38. The van der Waals surface area contributed by atoms with Crippen molar-refractivity contribution in [3.05, 3.63) is 0 Å². The topological polar surface area (TPSA) is 49.8 Å². The number of ether oxygens (including phenoxy) is 1. The lowest BCUT2D eigenvalue weighted by Gasteiger charge is -2.37. The molecule has 0 aliphatic carbocycles. The highest BCUT2D eigenvalue weighted by molar-refractivity contribution is 5.73. The van der Waals surface area contributed by atoms with Crippen LogP contribution < -0.4 is 0 Å². The fraction of sp³-hybridized carbons (Fsp3) is 0.909. The van der Waals surface area contributed by atoms with Crippen molar-refractivity contribution in [2.75, 3.05) is 19.8 Å². The van der Waals surface area contributed by atoms with Gasteiger partial charge in [-0.15, -0.1) is 0 Å². The lowest BCUT2D eigenvalue weighted by atomic mass is 10.1. The highest BCUT2D eigenvalue weighted by Crippen LogP contribution is 2.24. The van der Waals surface area contributed by atoms with Gasteiger partial charge in [0, 0.05) is 19.0 Å². The van der Waals surface area contributed by atoms with Gasteiger partial charge in [0.05, 0.1) is 13.2 Å². The molecule has 0 spiro atoms. The molecule has 0 amide bonds. The van der Waals surface area contributed by atoms with Crippen LogP contribution in [0, 0.1) is 0 Å². The summed E-state index contributed by atoms with van der Waals surface area (Å²) in [4.78, 5) is 12.7. The van der Waals surface area contributed by atoms with Gasteiger partial charge >= 0.3 is 12.1 Å². The first-order valence-electron chi connectivity index (χ1n) is 5.94. The molecule has 0 aromatic carbocycles. The van der Waals surface area contributed by atoms with E-state index in [0.29, 0.717) is 19.6 Å². The maximum atomic E-state index is 12.0. The van der Waals surface area contributed by atoms with Gasteiger partial charge in [-0.2, -0.15) is 13.2 Å². The predicted molar refractivity (Wildman–Crippen MR) is 58.3 cm³/mol. The van der Waals surface area contributed by atoms with Crippen LogP contribution in [0.2, 0.25) is 0 Å². The molecule has 1 aliphatic rings. The minimum Gasteiger partial charge on any atom is -0.480 e. The van der Waals surface area contributed by atoms with Crippen LogP contribution in [-0.2, 0) is 9.53 Å². The number of carbonyl (C=O) groups is 1. The first kappa shape index (κ1) is 15.2. The zero-order valence-electron chi connectivity index (χ0n) is 10.2. The third-order valence-electron chi connectivity index (χ3n) is 3.10. The summed E-state index contributed by atoms with van der Waals surface area (Å²) in [7, 11) is 0. The molecule has 4 nitrogen and oxygen atoms in total. The van der Waals surface area contributed by atoms with Gasteiger partial charge in [0.25, 0.3) is 0 Å². The molecule has 2 unspecified atom stereocenters. The third kappa shape index (κ3) is 4.81. The van der Waals surface area contributed by atoms with E-state index in [-0.39, 0.29) is 19.1 Å². The molecule has 1 rings (SSSR count). The van der Waals surface area contributed by atoms with Gasteiger partial charge in [0.15, 0.2) is 0 Å². The van der Waals surface area contributed by atoms with Crippen molar-refractivity contribution in [3.8, 4) is 0 Å². The second-order valence-corrected chi connectivity index (χ2v) is 4.52. The van der Waals surface area contributed by atoms with E-state index in [0.717, 1.165) is 0 Å². The largest absolute Gasteiger partial charge is 0.480 e. The van der Waals surface area contributed by atoms with E-state index in [1.165, 1.54) is 0 Å². The smallest absolute Gasteiger partial charge is 0.389 e. The van der Waals surface area contributed by atoms with E-state index < -0.39 is 24.6 Å². The first-order valence-corrected chi connectivity index (χ1v) is 5.94. The molecule has 106 valence electrons. The standard InChI is InChI=1S/C11H18F3NO3/c1-8(3-2-4-11(12,13)14)15-5-6-18-7-9(15)10(16)17/h8-9H,2-7H2,1H3,(H,16,17). The molecule has 0 aromatic heterocycles. The number of nitrogens with zero attached hydrogens (tertiary/aromatic N) is 1. The molecule has 0 radical (unpaired) electrons. The zero-order valence-corrected chi connectivity index (χ0v) is 10.2. The monoisotopic (exact) mass is 269 g/mol. The average molecular weight is 269 g/mol. The second-order valence-electron chi connectivity index (χ2n) is 4.52. The number of alkyl halides is 3. The van der Waals surface area contributed by atoms with Crippen molar-refractivity contribution in [2.45, 2.75) is 44.4 Å². The minimum absolute atomic E-state index is 0.0222. The zero-order chi connectivity index (χ0) is 13.8. The number of aliphatic carboxylic acids is 1. The van der Waals surface area contributed by atoms with E-state index in [4.69, 9.17) is 9.84 Å². The lowest BCUT2D eigenvalue weighted by molar-refractivity contribution is -0.152. The molecule has 1 heterocycles. The van der Waals surface area contributed by atoms with Gasteiger partial charge in [-0.05, 0) is 19.8 Å². The van der Waals surface area contributed by atoms with Crippen LogP contribution in [0.1, 0.15) is 26.2 Å². The molecule has 7 heteroatoms. The number of hydrogen-bond acceptors (Lipinski definition) is 3. The number of halogens is 3. The number of hydrogen-bond donors (Lipinski definition) is 1. The Morgan fingerprint density at radius 1 is 1.56 bits per heavy atom. The maximum Gasteiger partial charge on any atom is 0.389 e. The Morgan fingerprint density at radius 3 is 2.78 bits per heavy atom. The lowest BCUT2D eigenvalue weighted by Crippen LogP contribution is -2.53. The molecule has 1 aliphatic heterocycles. The Bertz CT molecular complexity index is 283. The molecule has 1 saturated heterocycles. The summed E-state index contributed by atoms with van der Waals surface area (Å²) < 4.78 is 41.2. The Kier molecular flexibility index (Phi) is 5.40. The van der Waals surface area contributed by atoms with Gasteiger partial charge in [0.1, 0.15) is 6.04 Å². The molecule has 0 saturated carbocycles. The van der Waals surface area contributed by atoms with Crippen LogP contribution >= 0.6 is 0 Å². The summed E-state index contributed by atoms with van der Waals surface area (Å²) in [6.07, 6.45) is -4.60. The summed E-state index contributed by atoms with van der Waals surface area (Å²) in [5, 5.41) is 9.01. The van der Waals surface area contributed by atoms with Gasteiger partial charge in [-0.3, -0.25) is 9.69 Å². The summed E-state index contributed by atoms with van der Waals surface area (Å²) in [6.45, 7) is 2.73. The van der Waals surface area contributed by atoms with Crippen LogP contribution in [0.25, 0.3) is 0 Å². The minimum atomic E-state index is -4.14. The van der Waals surface area contributed by atoms with Gasteiger partial charge in [-0.25, -0.2) is 0 Å². The molecule has 2 atom stereocenters.